The van der Waals surface area contributed by atoms with Crippen molar-refractivity contribution in [2.75, 3.05) is 0 Å². The molecule has 0 N–H and O–H groups in total. The molecular formula is C5H8Ti-4. The molecule has 0 saturated heterocycles. The zero-order valence-electron chi connectivity index (χ0n) is 6.44. The van der Waals surface area contributed by atoms with E-state index < -0.39 is 0 Å². The van der Waals surface area contributed by atoms with E-state index in [2.05, 4.69) is 12.2 Å². The number of hydrogen-bond donors (Lipinski definition) is 0. The van der Waals surface area contributed by atoms with Gasteiger partial charge in [0.05, 0.1) is 0 Å². The van der Waals surface area contributed by atoms with Crippen LogP contribution in [0.1, 0.15) is 10.7 Å². The summed E-state index contributed by atoms with van der Waals surface area (Å²) in [5.74, 6) is 0. The molecule has 0 heterocycles. The minimum atomic E-state index is 0. The summed E-state index contributed by atoms with van der Waals surface area (Å²) in [5, 5.41) is 0. The van der Waals surface area contributed by atoms with Crippen LogP contribution in [0.15, 0.2) is 18.2 Å². The Bertz CT molecular complexity index is 70.3. The number of hydrogen-bond acceptors (Lipinski definition) is 0. The van der Waals surface area contributed by atoms with Crippen LogP contribution in [-0.2, 0) is 21.7 Å². The van der Waals surface area contributed by atoms with Gasteiger partial charge in [0.25, 0.3) is 0 Å². The van der Waals surface area contributed by atoms with E-state index in [1.807, 2.05) is 12.2 Å². The third-order valence-electron chi connectivity index (χ3n) is 0.586. The number of allylic oxidation sites excluding steroid dienone is 4. The molecule has 1 rings (SSSR count). The molecule has 0 amide bonds. The maximum Gasteiger partial charge on any atom is 0 e. The van der Waals surface area contributed by atoms with E-state index in [4.69, 9.17) is 0 Å². The van der Waals surface area contributed by atoms with Crippen molar-refractivity contribution in [3.63, 3.8) is 0 Å². The molecule has 0 aromatic carbocycles. The van der Waals surface area contributed by atoms with Gasteiger partial charge in [-0.05, 0) is 0 Å². The van der Waals surface area contributed by atoms with Gasteiger partial charge in [0, 0.05) is 21.7 Å². The minimum absolute atomic E-state index is 0. The molecule has 0 nitrogen and oxygen atoms in total. The topological polar surface area (TPSA) is 0 Å². The minimum Gasteiger partial charge on any atom is -1.00 e. The molecule has 1 aliphatic carbocycles. The largest absolute Gasteiger partial charge is 1.00 e. The van der Waals surface area contributed by atoms with Crippen molar-refractivity contribution in [1.29, 1.82) is 0 Å². The van der Waals surface area contributed by atoms with Crippen molar-refractivity contribution in [2.45, 2.75) is 6.42 Å². The van der Waals surface area contributed by atoms with Crippen molar-refractivity contribution in [3.05, 3.63) is 24.3 Å². The van der Waals surface area contributed by atoms with Gasteiger partial charge in [0.1, 0.15) is 0 Å². The fourth-order valence-corrected chi connectivity index (χ4v) is 0.340. The molecule has 0 bridgehead atoms. The van der Waals surface area contributed by atoms with E-state index in [-0.39, 0.29) is 26.0 Å². The van der Waals surface area contributed by atoms with Crippen molar-refractivity contribution in [1.82, 2.24) is 0 Å². The summed E-state index contributed by atoms with van der Waals surface area (Å²) in [7, 11) is 0. The molecule has 0 atom stereocenters. The van der Waals surface area contributed by atoms with Gasteiger partial charge in [-0.3, -0.25) is 6.08 Å². The summed E-state index contributed by atoms with van der Waals surface area (Å²) < 4.78 is 0. The summed E-state index contributed by atoms with van der Waals surface area (Å²) in [6, 6.07) is 0. The molecule has 0 fully saturated rings. The Kier molecular flexibility index (Phi) is 3.50. The van der Waals surface area contributed by atoms with E-state index in [1.54, 1.807) is 0 Å². The van der Waals surface area contributed by atoms with Gasteiger partial charge < -0.3 is 4.28 Å². The molecule has 0 radical (unpaired) electrons. The molecular weight excluding hydrogens is 108 g/mol. The Morgan fingerprint density at radius 1 is 1.67 bits per heavy atom. The monoisotopic (exact) mass is 116 g/mol. The first-order valence-corrected chi connectivity index (χ1v) is 1.72. The van der Waals surface area contributed by atoms with Gasteiger partial charge in [0.2, 0.25) is 0 Å². The first kappa shape index (κ1) is 6.19. The molecule has 1 aliphatic rings. The Hall–Kier alpha value is 0.194. The zero-order valence-corrected chi connectivity index (χ0v) is 5.00. The van der Waals surface area contributed by atoms with Gasteiger partial charge in [-0.2, -0.15) is 6.08 Å². The zero-order chi connectivity index (χ0) is 3.54. The second kappa shape index (κ2) is 3.39. The molecule has 0 unspecified atom stereocenters. The van der Waals surface area contributed by atoms with E-state index in [9.17, 15) is 0 Å². The molecule has 0 aromatic rings. The fourth-order valence-electron chi connectivity index (χ4n) is 0.340. The smallest absolute Gasteiger partial charge is 0 e. The summed E-state index contributed by atoms with van der Waals surface area (Å²) in [5.41, 5.74) is 0. The summed E-state index contributed by atoms with van der Waals surface area (Å²) in [6.45, 7) is 0. The van der Waals surface area contributed by atoms with Gasteiger partial charge in [-0.25, -0.2) is 12.2 Å². The molecule has 1 heteroatoms. The number of rotatable bonds is 0. The average molecular weight is 116 g/mol. The summed E-state index contributed by atoms with van der Waals surface area (Å²) in [4.78, 5) is 0. The van der Waals surface area contributed by atoms with Gasteiger partial charge in [0.15, 0.2) is 0 Å². The van der Waals surface area contributed by atoms with Gasteiger partial charge in [-0.15, -0.1) is 6.42 Å². The van der Waals surface area contributed by atoms with Crippen molar-refractivity contribution in [2.24, 2.45) is 0 Å². The summed E-state index contributed by atoms with van der Waals surface area (Å²) in [6.07, 6.45) is 10.0. The van der Waals surface area contributed by atoms with Crippen LogP contribution in [0.5, 0.6) is 0 Å². The maximum atomic E-state index is 2.99. The molecule has 0 aromatic heterocycles. The van der Waals surface area contributed by atoms with Crippen LogP contribution in [0.3, 0.4) is 0 Å². The molecule has 6 heavy (non-hydrogen) atoms. The normalized spacial score (nSPS) is 14.7. The first-order chi connectivity index (χ1) is 2.50. The van der Waals surface area contributed by atoms with E-state index in [0.29, 0.717) is 0 Å². The fraction of sp³-hybridized carbons (Fsp3) is 0.200. The van der Waals surface area contributed by atoms with Crippen molar-refractivity contribution >= 4 is 0 Å². The molecule has 0 spiro atoms. The molecule has 36 valence electrons. The Morgan fingerprint density at radius 3 is 2.67 bits per heavy atom. The van der Waals surface area contributed by atoms with Crippen LogP contribution in [0.25, 0.3) is 0 Å². The Balaban J connectivity index is -0.0000000312. The van der Waals surface area contributed by atoms with Crippen molar-refractivity contribution < 1.29 is 26.0 Å². The van der Waals surface area contributed by atoms with Crippen LogP contribution < -0.4 is 0 Å². The average Bonchev–Trinajstić information content (AvgIpc) is 1.76. The van der Waals surface area contributed by atoms with Gasteiger partial charge in [-0.1, -0.05) is 0 Å². The van der Waals surface area contributed by atoms with E-state index in [0.717, 1.165) is 6.42 Å². The molecule has 0 saturated carbocycles. The SMILES string of the molecule is [C-]1=CC=CC1.[H-].[H-].[H-].[Ti]. The second-order valence-corrected chi connectivity index (χ2v) is 1.00. The third-order valence-corrected chi connectivity index (χ3v) is 0.586. The van der Waals surface area contributed by atoms with E-state index >= 15 is 0 Å². The van der Waals surface area contributed by atoms with Crippen LogP contribution in [0.4, 0.5) is 0 Å². The Morgan fingerprint density at radius 2 is 2.50 bits per heavy atom. The van der Waals surface area contributed by atoms with Crippen molar-refractivity contribution in [3.8, 4) is 0 Å². The Labute approximate surface area is 57.3 Å². The first-order valence-electron chi connectivity index (χ1n) is 1.72. The van der Waals surface area contributed by atoms with Gasteiger partial charge >= 0.3 is 0 Å². The van der Waals surface area contributed by atoms with E-state index in [1.165, 1.54) is 0 Å². The van der Waals surface area contributed by atoms with Crippen LogP contribution in [0, 0.1) is 6.08 Å². The predicted molar refractivity (Wildman–Crippen MR) is 24.9 cm³/mol. The quantitative estimate of drug-likeness (QED) is 0.333. The predicted octanol–water partition coefficient (Wildman–Crippen LogP) is 1.64. The standard InChI is InChI=1S/C5H5.Ti.3H/c1-2-4-5-3-1;;;;/h1-3H,4H2;;;;/q-1;;3*-1. The maximum absolute atomic E-state index is 2.99. The van der Waals surface area contributed by atoms with Crippen LogP contribution in [0.2, 0.25) is 0 Å². The third kappa shape index (κ3) is 1.59. The van der Waals surface area contributed by atoms with Crippen LogP contribution in [-0.4, -0.2) is 0 Å². The van der Waals surface area contributed by atoms with Crippen LogP contribution >= 0.6 is 0 Å². The molecule has 0 aliphatic heterocycles. The second-order valence-electron chi connectivity index (χ2n) is 1.00. The summed E-state index contributed by atoms with van der Waals surface area (Å²) >= 11 is 0.